The van der Waals surface area contributed by atoms with Crippen molar-refractivity contribution in [2.75, 3.05) is 39.9 Å². The molecule has 1 spiro atoms. The summed E-state index contributed by atoms with van der Waals surface area (Å²) in [7, 11) is 1.70. The summed E-state index contributed by atoms with van der Waals surface area (Å²) in [5.41, 5.74) is 3.24. The van der Waals surface area contributed by atoms with Crippen LogP contribution < -0.4 is 0 Å². The lowest BCUT2D eigenvalue weighted by molar-refractivity contribution is -0.139. The molecule has 27 heavy (non-hydrogen) atoms. The first-order valence-electron chi connectivity index (χ1n) is 10.1. The van der Waals surface area contributed by atoms with Gasteiger partial charge in [-0.15, -0.1) is 0 Å². The summed E-state index contributed by atoms with van der Waals surface area (Å²) < 4.78 is 5.12. The maximum absolute atomic E-state index is 13.0. The van der Waals surface area contributed by atoms with Gasteiger partial charge >= 0.3 is 0 Å². The SMILES string of the molecule is COCCCN1CC2(CCC1=O)CCN(C(=O)c1cccc(C)c1C)CC2. The third-order valence-electron chi connectivity index (χ3n) is 6.47. The van der Waals surface area contributed by atoms with Crippen LogP contribution in [-0.2, 0) is 9.53 Å². The zero-order valence-electron chi connectivity index (χ0n) is 16.9. The fourth-order valence-corrected chi connectivity index (χ4v) is 4.45. The van der Waals surface area contributed by atoms with Crippen molar-refractivity contribution in [3.63, 3.8) is 0 Å². The van der Waals surface area contributed by atoms with Crippen LogP contribution in [0, 0.1) is 19.3 Å². The smallest absolute Gasteiger partial charge is 0.254 e. The summed E-state index contributed by atoms with van der Waals surface area (Å²) in [5, 5.41) is 0. The van der Waals surface area contributed by atoms with Crippen LogP contribution in [0.2, 0.25) is 0 Å². The fourth-order valence-electron chi connectivity index (χ4n) is 4.45. The average Bonchev–Trinajstić information content (AvgIpc) is 2.67. The number of amides is 2. The molecule has 2 heterocycles. The molecule has 2 fully saturated rings. The van der Waals surface area contributed by atoms with Crippen molar-refractivity contribution in [1.29, 1.82) is 0 Å². The van der Waals surface area contributed by atoms with Crippen LogP contribution in [0.15, 0.2) is 18.2 Å². The molecule has 0 radical (unpaired) electrons. The Balaban J connectivity index is 1.61. The molecular weight excluding hydrogens is 340 g/mol. The lowest BCUT2D eigenvalue weighted by Gasteiger charge is -2.47. The first-order valence-corrected chi connectivity index (χ1v) is 10.1. The third-order valence-corrected chi connectivity index (χ3v) is 6.47. The van der Waals surface area contributed by atoms with E-state index in [0.29, 0.717) is 13.0 Å². The highest BCUT2D eigenvalue weighted by Gasteiger charge is 2.41. The summed E-state index contributed by atoms with van der Waals surface area (Å²) >= 11 is 0. The second-order valence-corrected chi connectivity index (χ2v) is 8.20. The molecule has 2 saturated heterocycles. The van der Waals surface area contributed by atoms with Gasteiger partial charge in [-0.2, -0.15) is 0 Å². The fraction of sp³-hybridized carbons (Fsp3) is 0.636. The molecule has 0 aromatic heterocycles. The van der Waals surface area contributed by atoms with E-state index < -0.39 is 0 Å². The Morgan fingerprint density at radius 2 is 1.93 bits per heavy atom. The number of aryl methyl sites for hydroxylation is 1. The van der Waals surface area contributed by atoms with E-state index in [1.165, 1.54) is 0 Å². The standard InChI is InChI=1S/C22H32N2O3/c1-17-6-4-7-19(18(17)2)21(26)23-13-10-22(11-14-23)9-8-20(25)24(16-22)12-5-15-27-3/h4,6-7H,5,8-16H2,1-3H3. The predicted octanol–water partition coefficient (Wildman–Crippen LogP) is 3.18. The van der Waals surface area contributed by atoms with Crippen LogP contribution in [-0.4, -0.2) is 61.5 Å². The molecule has 3 rings (SSSR count). The summed E-state index contributed by atoms with van der Waals surface area (Å²) in [6.07, 6.45) is 4.45. The molecule has 1 aromatic carbocycles. The van der Waals surface area contributed by atoms with Crippen molar-refractivity contribution < 1.29 is 14.3 Å². The Labute approximate surface area is 162 Å². The van der Waals surface area contributed by atoms with Gasteiger partial charge in [0.2, 0.25) is 5.91 Å². The van der Waals surface area contributed by atoms with Crippen molar-refractivity contribution in [2.45, 2.75) is 46.0 Å². The lowest BCUT2D eigenvalue weighted by Crippen LogP contribution is -2.52. The molecule has 5 nitrogen and oxygen atoms in total. The minimum absolute atomic E-state index is 0.148. The van der Waals surface area contributed by atoms with Crippen molar-refractivity contribution in [3.05, 3.63) is 34.9 Å². The highest BCUT2D eigenvalue weighted by atomic mass is 16.5. The Morgan fingerprint density at radius 1 is 1.19 bits per heavy atom. The molecule has 0 aliphatic carbocycles. The van der Waals surface area contributed by atoms with Crippen LogP contribution in [0.25, 0.3) is 0 Å². The number of piperidine rings is 2. The van der Waals surface area contributed by atoms with Crippen molar-refractivity contribution >= 4 is 11.8 Å². The molecule has 0 atom stereocenters. The minimum atomic E-state index is 0.148. The van der Waals surface area contributed by atoms with Gasteiger partial charge in [-0.05, 0) is 62.1 Å². The Bertz CT molecular complexity index is 693. The third kappa shape index (κ3) is 4.34. The molecule has 0 saturated carbocycles. The quantitative estimate of drug-likeness (QED) is 0.746. The summed E-state index contributed by atoms with van der Waals surface area (Å²) in [6.45, 7) is 7.95. The first kappa shape index (κ1) is 19.9. The van der Waals surface area contributed by atoms with E-state index in [9.17, 15) is 9.59 Å². The normalized spacial score (nSPS) is 19.6. The zero-order valence-corrected chi connectivity index (χ0v) is 16.9. The van der Waals surface area contributed by atoms with Gasteiger partial charge in [0, 0.05) is 51.9 Å². The molecule has 2 aliphatic heterocycles. The maximum Gasteiger partial charge on any atom is 0.254 e. The van der Waals surface area contributed by atoms with Crippen LogP contribution in [0.5, 0.6) is 0 Å². The molecule has 2 amide bonds. The summed E-state index contributed by atoms with van der Waals surface area (Å²) in [6, 6.07) is 5.95. The molecule has 0 unspecified atom stereocenters. The van der Waals surface area contributed by atoms with E-state index in [0.717, 1.165) is 68.6 Å². The maximum atomic E-state index is 13.0. The molecule has 2 aliphatic rings. The Kier molecular flexibility index (Phi) is 6.20. The predicted molar refractivity (Wildman–Crippen MR) is 106 cm³/mol. The number of ether oxygens (including phenoxy) is 1. The van der Waals surface area contributed by atoms with Gasteiger partial charge in [0.25, 0.3) is 5.91 Å². The van der Waals surface area contributed by atoms with Crippen molar-refractivity contribution in [1.82, 2.24) is 9.80 Å². The van der Waals surface area contributed by atoms with E-state index in [2.05, 4.69) is 13.0 Å². The van der Waals surface area contributed by atoms with E-state index >= 15 is 0 Å². The van der Waals surface area contributed by atoms with Crippen molar-refractivity contribution in [2.24, 2.45) is 5.41 Å². The summed E-state index contributed by atoms with van der Waals surface area (Å²) in [4.78, 5) is 29.3. The first-order chi connectivity index (χ1) is 13.0. The Hall–Kier alpha value is -1.88. The number of methoxy groups -OCH3 is 1. The number of rotatable bonds is 5. The van der Waals surface area contributed by atoms with Gasteiger partial charge in [-0.3, -0.25) is 9.59 Å². The highest BCUT2D eigenvalue weighted by molar-refractivity contribution is 5.96. The van der Waals surface area contributed by atoms with E-state index in [4.69, 9.17) is 4.74 Å². The van der Waals surface area contributed by atoms with Crippen LogP contribution >= 0.6 is 0 Å². The molecule has 1 aromatic rings. The number of nitrogens with zero attached hydrogens (tertiary/aromatic N) is 2. The van der Waals surface area contributed by atoms with E-state index in [1.807, 2.05) is 28.9 Å². The van der Waals surface area contributed by atoms with Crippen molar-refractivity contribution in [3.8, 4) is 0 Å². The van der Waals surface area contributed by atoms with Gasteiger partial charge in [0.1, 0.15) is 0 Å². The second kappa shape index (κ2) is 8.42. The van der Waals surface area contributed by atoms with Gasteiger partial charge in [-0.1, -0.05) is 12.1 Å². The number of carbonyl (C=O) groups is 2. The van der Waals surface area contributed by atoms with Gasteiger partial charge in [-0.25, -0.2) is 0 Å². The number of hydrogen-bond donors (Lipinski definition) is 0. The van der Waals surface area contributed by atoms with Crippen LogP contribution in [0.1, 0.15) is 53.6 Å². The second-order valence-electron chi connectivity index (χ2n) is 8.20. The van der Waals surface area contributed by atoms with Gasteiger partial charge in [0.15, 0.2) is 0 Å². The molecule has 0 bridgehead atoms. The van der Waals surface area contributed by atoms with Gasteiger partial charge in [0.05, 0.1) is 0 Å². The zero-order chi connectivity index (χ0) is 19.4. The molecular formula is C22H32N2O3. The van der Waals surface area contributed by atoms with Crippen LogP contribution in [0.4, 0.5) is 0 Å². The topological polar surface area (TPSA) is 49.9 Å². The average molecular weight is 373 g/mol. The van der Waals surface area contributed by atoms with E-state index in [-0.39, 0.29) is 17.2 Å². The molecule has 5 heteroatoms. The molecule has 148 valence electrons. The summed E-state index contributed by atoms with van der Waals surface area (Å²) in [5.74, 6) is 0.417. The number of likely N-dealkylation sites (tertiary alicyclic amines) is 2. The monoisotopic (exact) mass is 372 g/mol. The number of benzene rings is 1. The number of hydrogen-bond acceptors (Lipinski definition) is 3. The minimum Gasteiger partial charge on any atom is -0.385 e. The Morgan fingerprint density at radius 3 is 2.63 bits per heavy atom. The van der Waals surface area contributed by atoms with Crippen LogP contribution in [0.3, 0.4) is 0 Å². The largest absolute Gasteiger partial charge is 0.385 e. The lowest BCUT2D eigenvalue weighted by atomic mass is 9.72. The molecule has 0 N–H and O–H groups in total. The van der Waals surface area contributed by atoms with E-state index in [1.54, 1.807) is 7.11 Å². The number of carbonyl (C=O) groups excluding carboxylic acids is 2. The van der Waals surface area contributed by atoms with Gasteiger partial charge < -0.3 is 14.5 Å². The highest BCUT2D eigenvalue weighted by Crippen LogP contribution is 2.40.